The standard InChI is InChI=1S/C31H49N3O7/c1-31(2,3)41-30(38)34-25(20-27(35)40-24-18-14-9-7-5-4-6-8-10-15-19-24)29(37)33-26(28(32)36)22-39-21-23-16-12-11-13-17-23/h11-13,16-17,24-26H,4-10,14-15,18-22H2,1-3H3,(H2,32,36)(H,33,37)(H,34,38)/t25-,26-/m0/s1. The number of rotatable bonds is 11. The molecule has 1 aliphatic carbocycles. The Bertz CT molecular complexity index is 937. The van der Waals surface area contributed by atoms with Gasteiger partial charge < -0.3 is 30.6 Å². The van der Waals surface area contributed by atoms with E-state index in [9.17, 15) is 19.2 Å². The zero-order valence-corrected chi connectivity index (χ0v) is 25.0. The molecular weight excluding hydrogens is 526 g/mol. The second-order valence-corrected chi connectivity index (χ2v) is 11.7. The average molecular weight is 576 g/mol. The molecule has 41 heavy (non-hydrogen) atoms. The van der Waals surface area contributed by atoms with Crippen molar-refractivity contribution in [2.75, 3.05) is 6.61 Å². The summed E-state index contributed by atoms with van der Waals surface area (Å²) in [5.41, 5.74) is 5.58. The Morgan fingerprint density at radius 1 is 0.854 bits per heavy atom. The fourth-order valence-corrected chi connectivity index (χ4v) is 4.64. The van der Waals surface area contributed by atoms with Crippen LogP contribution < -0.4 is 16.4 Å². The highest BCUT2D eigenvalue weighted by Gasteiger charge is 2.31. The molecule has 0 bridgehead atoms. The summed E-state index contributed by atoms with van der Waals surface area (Å²) in [7, 11) is 0. The number of esters is 1. The maximum atomic E-state index is 13.2. The Morgan fingerprint density at radius 3 is 1.95 bits per heavy atom. The van der Waals surface area contributed by atoms with Crippen molar-refractivity contribution >= 4 is 23.9 Å². The summed E-state index contributed by atoms with van der Waals surface area (Å²) < 4.78 is 16.7. The van der Waals surface area contributed by atoms with Crippen LogP contribution in [-0.4, -0.2) is 54.3 Å². The molecule has 1 fully saturated rings. The summed E-state index contributed by atoms with van der Waals surface area (Å²) in [6.45, 7) is 5.10. The maximum absolute atomic E-state index is 13.2. The van der Waals surface area contributed by atoms with Crippen LogP contribution in [0, 0.1) is 0 Å². The van der Waals surface area contributed by atoms with Crippen molar-refractivity contribution in [3.63, 3.8) is 0 Å². The van der Waals surface area contributed by atoms with E-state index in [0.717, 1.165) is 44.1 Å². The van der Waals surface area contributed by atoms with Crippen LogP contribution in [0.4, 0.5) is 4.79 Å². The number of carbonyl (C=O) groups is 4. The largest absolute Gasteiger partial charge is 0.462 e. The zero-order chi connectivity index (χ0) is 30.1. The van der Waals surface area contributed by atoms with E-state index in [1.165, 1.54) is 32.1 Å². The summed E-state index contributed by atoms with van der Waals surface area (Å²) in [4.78, 5) is 50.8. The van der Waals surface area contributed by atoms with E-state index in [0.29, 0.717) is 0 Å². The minimum absolute atomic E-state index is 0.179. The predicted octanol–water partition coefficient (Wildman–Crippen LogP) is 4.67. The molecule has 0 radical (unpaired) electrons. The van der Waals surface area contributed by atoms with Gasteiger partial charge in [-0.15, -0.1) is 0 Å². The van der Waals surface area contributed by atoms with Gasteiger partial charge in [0.2, 0.25) is 11.8 Å². The van der Waals surface area contributed by atoms with Gasteiger partial charge in [0.1, 0.15) is 23.8 Å². The van der Waals surface area contributed by atoms with Crippen LogP contribution in [0.5, 0.6) is 0 Å². The lowest BCUT2D eigenvalue weighted by molar-refractivity contribution is -0.151. The summed E-state index contributed by atoms with van der Waals surface area (Å²) in [5, 5.41) is 4.97. The third kappa shape index (κ3) is 15.4. The first-order valence-corrected chi connectivity index (χ1v) is 14.9. The SMILES string of the molecule is CC(C)(C)OC(=O)N[C@@H](CC(=O)OC1CCCCCCCCCCC1)C(=O)N[C@@H](COCc1ccccc1)C(N)=O. The van der Waals surface area contributed by atoms with Gasteiger partial charge in [0.05, 0.1) is 19.6 Å². The van der Waals surface area contributed by atoms with Crippen molar-refractivity contribution in [2.24, 2.45) is 5.73 Å². The number of benzene rings is 1. The summed E-state index contributed by atoms with van der Waals surface area (Å²) in [5.74, 6) is -2.17. The second kappa shape index (κ2) is 18.3. The van der Waals surface area contributed by atoms with Crippen LogP contribution in [0.25, 0.3) is 0 Å². The molecule has 0 aliphatic heterocycles. The van der Waals surface area contributed by atoms with E-state index in [1.807, 2.05) is 30.3 Å². The number of ether oxygens (including phenoxy) is 3. The Hall–Kier alpha value is -3.14. The topological polar surface area (TPSA) is 146 Å². The minimum atomic E-state index is -1.33. The van der Waals surface area contributed by atoms with Gasteiger partial charge in [0, 0.05) is 0 Å². The van der Waals surface area contributed by atoms with Crippen LogP contribution in [-0.2, 0) is 35.2 Å². The van der Waals surface area contributed by atoms with Crippen LogP contribution >= 0.6 is 0 Å². The van der Waals surface area contributed by atoms with Crippen LogP contribution in [0.3, 0.4) is 0 Å². The zero-order valence-electron chi connectivity index (χ0n) is 25.0. The number of primary amides is 1. The number of carbonyl (C=O) groups excluding carboxylic acids is 4. The number of nitrogens with two attached hydrogens (primary N) is 1. The smallest absolute Gasteiger partial charge is 0.408 e. The average Bonchev–Trinajstić information content (AvgIpc) is 2.88. The summed E-state index contributed by atoms with van der Waals surface area (Å²) in [6.07, 6.45) is 10.3. The second-order valence-electron chi connectivity index (χ2n) is 11.7. The molecule has 1 aromatic rings. The van der Waals surface area contributed by atoms with Crippen LogP contribution in [0.1, 0.15) is 103 Å². The van der Waals surface area contributed by atoms with Crippen LogP contribution in [0.15, 0.2) is 30.3 Å². The molecule has 1 saturated carbocycles. The number of nitrogens with one attached hydrogen (secondary N) is 2. The molecule has 1 aliphatic rings. The minimum Gasteiger partial charge on any atom is -0.462 e. The third-order valence-corrected chi connectivity index (χ3v) is 6.78. The molecule has 3 amide bonds. The molecule has 2 atom stereocenters. The van der Waals surface area contributed by atoms with Crippen LogP contribution in [0.2, 0.25) is 0 Å². The van der Waals surface area contributed by atoms with Gasteiger partial charge in [0.25, 0.3) is 0 Å². The Kier molecular flexibility index (Phi) is 15.2. The van der Waals surface area contributed by atoms with Crippen molar-refractivity contribution in [3.8, 4) is 0 Å². The fourth-order valence-electron chi connectivity index (χ4n) is 4.64. The quantitative estimate of drug-likeness (QED) is 0.325. The van der Waals surface area contributed by atoms with Gasteiger partial charge in [-0.05, 0) is 52.0 Å². The van der Waals surface area contributed by atoms with Crippen molar-refractivity contribution in [1.29, 1.82) is 0 Å². The monoisotopic (exact) mass is 575 g/mol. The van der Waals surface area contributed by atoms with Gasteiger partial charge >= 0.3 is 12.1 Å². The lowest BCUT2D eigenvalue weighted by atomic mass is 9.99. The Balaban J connectivity index is 2.03. The lowest BCUT2D eigenvalue weighted by Gasteiger charge is -2.25. The van der Waals surface area contributed by atoms with E-state index in [-0.39, 0.29) is 19.3 Å². The number of hydrogen-bond acceptors (Lipinski definition) is 7. The molecule has 10 heteroatoms. The first-order chi connectivity index (χ1) is 19.5. The highest BCUT2D eigenvalue weighted by molar-refractivity contribution is 5.93. The molecule has 2 rings (SSSR count). The normalized spacial score (nSPS) is 17.1. The van der Waals surface area contributed by atoms with E-state index < -0.39 is 48.0 Å². The number of amides is 3. The molecule has 1 aromatic carbocycles. The van der Waals surface area contributed by atoms with Gasteiger partial charge in [-0.1, -0.05) is 75.3 Å². The fraction of sp³-hybridized carbons (Fsp3) is 0.677. The lowest BCUT2D eigenvalue weighted by Crippen LogP contribution is -2.55. The van der Waals surface area contributed by atoms with Crippen molar-refractivity contribution < 1.29 is 33.4 Å². The molecule has 4 N–H and O–H groups in total. The molecule has 10 nitrogen and oxygen atoms in total. The number of hydrogen-bond donors (Lipinski definition) is 3. The van der Waals surface area contributed by atoms with E-state index >= 15 is 0 Å². The Morgan fingerprint density at radius 2 is 1.41 bits per heavy atom. The van der Waals surface area contributed by atoms with Crippen molar-refractivity contribution in [1.82, 2.24) is 10.6 Å². The molecular formula is C31H49N3O7. The molecule has 0 heterocycles. The highest BCUT2D eigenvalue weighted by Crippen LogP contribution is 2.19. The highest BCUT2D eigenvalue weighted by atomic mass is 16.6. The molecule has 0 unspecified atom stereocenters. The molecule has 0 saturated heterocycles. The third-order valence-electron chi connectivity index (χ3n) is 6.78. The van der Waals surface area contributed by atoms with Gasteiger partial charge in [0.15, 0.2) is 0 Å². The molecule has 230 valence electrons. The summed E-state index contributed by atoms with van der Waals surface area (Å²) >= 11 is 0. The maximum Gasteiger partial charge on any atom is 0.408 e. The first-order valence-electron chi connectivity index (χ1n) is 14.9. The van der Waals surface area contributed by atoms with Crippen molar-refractivity contribution in [2.45, 2.75) is 128 Å². The van der Waals surface area contributed by atoms with E-state index in [1.54, 1.807) is 20.8 Å². The Labute approximate surface area is 244 Å². The molecule has 0 spiro atoms. The van der Waals surface area contributed by atoms with Gasteiger partial charge in [-0.2, -0.15) is 0 Å². The van der Waals surface area contributed by atoms with Crippen molar-refractivity contribution in [3.05, 3.63) is 35.9 Å². The van der Waals surface area contributed by atoms with E-state index in [4.69, 9.17) is 19.9 Å². The summed E-state index contributed by atoms with van der Waals surface area (Å²) in [6, 6.07) is 6.83. The first kappa shape index (κ1) is 34.1. The number of alkyl carbamates (subject to hydrolysis) is 1. The van der Waals surface area contributed by atoms with Gasteiger partial charge in [-0.25, -0.2) is 4.79 Å². The molecule has 0 aromatic heterocycles. The predicted molar refractivity (Wildman–Crippen MR) is 156 cm³/mol. The van der Waals surface area contributed by atoms with E-state index in [2.05, 4.69) is 10.6 Å². The van der Waals surface area contributed by atoms with Gasteiger partial charge in [-0.3, -0.25) is 14.4 Å².